The van der Waals surface area contributed by atoms with Crippen LogP contribution in [0.4, 0.5) is 16.0 Å². The van der Waals surface area contributed by atoms with Crippen molar-refractivity contribution in [3.05, 3.63) is 75.9 Å². The molecule has 3 rings (SSSR count). The molecular weight excluding hydrogens is 337 g/mol. The third kappa shape index (κ3) is 3.91. The Labute approximate surface area is 140 Å². The number of anilines is 2. The minimum absolute atomic E-state index is 0.296. The molecule has 4 nitrogen and oxygen atoms in total. The van der Waals surface area contributed by atoms with Gasteiger partial charge in [0.2, 0.25) is 5.95 Å². The number of para-hydroxylation sites is 1. The zero-order valence-corrected chi connectivity index (χ0v) is 13.3. The van der Waals surface area contributed by atoms with E-state index in [-0.39, 0.29) is 5.56 Å². The molecule has 0 radical (unpaired) electrons. The Balaban J connectivity index is 1.81. The number of benzene rings is 2. The number of halogens is 2. The van der Waals surface area contributed by atoms with Crippen LogP contribution in [-0.2, 0) is 0 Å². The summed E-state index contributed by atoms with van der Waals surface area (Å²) in [5.41, 5.74) is 0.456. The maximum atomic E-state index is 13.8. The van der Waals surface area contributed by atoms with Crippen molar-refractivity contribution in [2.75, 3.05) is 5.32 Å². The Hall–Kier alpha value is -2.31. The molecule has 0 saturated heterocycles. The molecule has 0 unspecified atom stereocenters. The van der Waals surface area contributed by atoms with Gasteiger partial charge in [0.1, 0.15) is 5.82 Å². The summed E-state index contributed by atoms with van der Waals surface area (Å²) in [6.07, 6.45) is 1.41. The highest BCUT2D eigenvalue weighted by Gasteiger charge is 2.09. The Bertz CT molecular complexity index is 886. The average Bonchev–Trinajstić information content (AvgIpc) is 2.53. The molecule has 116 valence electrons. The Morgan fingerprint density at radius 1 is 1.13 bits per heavy atom. The summed E-state index contributed by atoms with van der Waals surface area (Å²) in [6.45, 7) is 0. The topological polar surface area (TPSA) is 57.8 Å². The fraction of sp³-hybridized carbons (Fsp3) is 0. The molecule has 0 amide bonds. The lowest BCUT2D eigenvalue weighted by molar-refractivity contribution is 0.602. The van der Waals surface area contributed by atoms with Crippen molar-refractivity contribution in [2.45, 2.75) is 9.79 Å². The molecule has 0 aliphatic heterocycles. The fourth-order valence-electron chi connectivity index (χ4n) is 1.85. The number of aromatic amines is 1. The summed E-state index contributed by atoms with van der Waals surface area (Å²) in [5.74, 6) is -0.157. The minimum atomic E-state index is -0.478. The summed E-state index contributed by atoms with van der Waals surface area (Å²) >= 11 is 6.71. The second-order valence-electron chi connectivity index (χ2n) is 4.59. The molecule has 0 atom stereocenters. The summed E-state index contributed by atoms with van der Waals surface area (Å²) in [7, 11) is 0. The first-order valence-electron chi connectivity index (χ1n) is 6.66. The van der Waals surface area contributed by atoms with Crippen molar-refractivity contribution in [1.29, 1.82) is 0 Å². The zero-order valence-electron chi connectivity index (χ0n) is 11.7. The van der Waals surface area contributed by atoms with Crippen LogP contribution in [0.5, 0.6) is 0 Å². The lowest BCUT2D eigenvalue weighted by atomic mass is 10.3. The Kier molecular flexibility index (Phi) is 4.64. The number of hydrogen-bond acceptors (Lipinski definition) is 4. The van der Waals surface area contributed by atoms with Gasteiger partial charge in [-0.2, -0.15) is 0 Å². The van der Waals surface area contributed by atoms with Gasteiger partial charge in [0.05, 0.1) is 11.1 Å². The molecule has 0 spiro atoms. The number of hydrogen-bond donors (Lipinski definition) is 2. The largest absolute Gasteiger partial charge is 0.326 e. The van der Waals surface area contributed by atoms with Crippen LogP contribution in [0, 0.1) is 5.82 Å². The minimum Gasteiger partial charge on any atom is -0.326 e. The van der Waals surface area contributed by atoms with Gasteiger partial charge in [-0.05, 0) is 30.3 Å². The van der Waals surface area contributed by atoms with Crippen LogP contribution >= 0.6 is 23.4 Å². The van der Waals surface area contributed by atoms with Crippen LogP contribution in [0.15, 0.2) is 69.3 Å². The van der Waals surface area contributed by atoms with Crippen LogP contribution in [-0.4, -0.2) is 9.97 Å². The van der Waals surface area contributed by atoms with Crippen molar-refractivity contribution in [2.24, 2.45) is 0 Å². The number of nitrogens with zero attached hydrogens (tertiary/aromatic N) is 1. The van der Waals surface area contributed by atoms with E-state index in [4.69, 9.17) is 11.6 Å². The normalized spacial score (nSPS) is 10.5. The molecule has 2 aromatic carbocycles. The molecular formula is C16H11ClFN3OS. The first-order chi connectivity index (χ1) is 11.1. The summed E-state index contributed by atoms with van der Waals surface area (Å²) in [4.78, 5) is 19.5. The molecule has 2 N–H and O–H groups in total. The van der Waals surface area contributed by atoms with Gasteiger partial charge in [0, 0.05) is 15.6 Å². The van der Waals surface area contributed by atoms with Crippen molar-refractivity contribution in [3.8, 4) is 0 Å². The summed E-state index contributed by atoms with van der Waals surface area (Å²) < 4.78 is 13.8. The zero-order chi connectivity index (χ0) is 16.2. The molecule has 23 heavy (non-hydrogen) atoms. The second kappa shape index (κ2) is 6.85. The van der Waals surface area contributed by atoms with E-state index in [1.54, 1.807) is 6.07 Å². The van der Waals surface area contributed by atoms with Crippen molar-refractivity contribution in [3.63, 3.8) is 0 Å². The molecule has 0 aliphatic carbocycles. The molecule has 0 fully saturated rings. The van der Waals surface area contributed by atoms with E-state index >= 15 is 0 Å². The van der Waals surface area contributed by atoms with E-state index in [9.17, 15) is 9.18 Å². The molecule has 0 saturated carbocycles. The average molecular weight is 348 g/mol. The third-order valence-electron chi connectivity index (χ3n) is 2.92. The van der Waals surface area contributed by atoms with Gasteiger partial charge in [-0.1, -0.05) is 41.6 Å². The van der Waals surface area contributed by atoms with E-state index in [2.05, 4.69) is 15.3 Å². The predicted molar refractivity (Wildman–Crippen MR) is 90.1 cm³/mol. The standard InChI is InChI=1S/C16H11ClFN3OS/c17-10-6-7-13(12(18)8-10)23-14-9-19-16(21-15(14)22)20-11-4-2-1-3-5-11/h1-9H,(H2,19,20,21,22). The van der Waals surface area contributed by atoms with Gasteiger partial charge < -0.3 is 5.32 Å². The maximum absolute atomic E-state index is 13.8. The first kappa shape index (κ1) is 15.6. The second-order valence-corrected chi connectivity index (χ2v) is 6.11. The highest BCUT2D eigenvalue weighted by Crippen LogP contribution is 2.29. The van der Waals surface area contributed by atoms with Gasteiger partial charge >= 0.3 is 0 Å². The Morgan fingerprint density at radius 3 is 2.61 bits per heavy atom. The van der Waals surface area contributed by atoms with E-state index in [1.807, 2.05) is 30.3 Å². The molecule has 0 bridgehead atoms. The maximum Gasteiger partial charge on any atom is 0.266 e. The number of nitrogens with one attached hydrogen (secondary N) is 2. The smallest absolute Gasteiger partial charge is 0.266 e. The van der Waals surface area contributed by atoms with Crippen LogP contribution in [0.2, 0.25) is 5.02 Å². The fourth-order valence-corrected chi connectivity index (χ4v) is 2.79. The number of aromatic nitrogens is 2. The SMILES string of the molecule is O=c1[nH]c(Nc2ccccc2)ncc1Sc1ccc(Cl)cc1F. The molecule has 1 aromatic heterocycles. The molecule has 7 heteroatoms. The van der Waals surface area contributed by atoms with Crippen molar-refractivity contribution < 1.29 is 4.39 Å². The molecule has 3 aromatic rings. The monoisotopic (exact) mass is 347 g/mol. The highest BCUT2D eigenvalue weighted by atomic mass is 35.5. The van der Waals surface area contributed by atoms with Gasteiger partial charge in [-0.3, -0.25) is 9.78 Å². The highest BCUT2D eigenvalue weighted by molar-refractivity contribution is 7.99. The quantitative estimate of drug-likeness (QED) is 0.731. The van der Waals surface area contributed by atoms with Gasteiger partial charge in [-0.15, -0.1) is 0 Å². The van der Waals surface area contributed by atoms with Gasteiger partial charge in [-0.25, -0.2) is 9.37 Å². The van der Waals surface area contributed by atoms with Crippen LogP contribution in [0.3, 0.4) is 0 Å². The lowest BCUT2D eigenvalue weighted by Crippen LogP contribution is -2.12. The molecule has 0 aliphatic rings. The first-order valence-corrected chi connectivity index (χ1v) is 7.85. The number of H-pyrrole nitrogens is 1. The predicted octanol–water partition coefficient (Wildman–Crippen LogP) is 4.46. The number of rotatable bonds is 4. The lowest BCUT2D eigenvalue weighted by Gasteiger charge is -2.06. The van der Waals surface area contributed by atoms with Gasteiger partial charge in [0.25, 0.3) is 5.56 Å². The van der Waals surface area contributed by atoms with E-state index in [0.717, 1.165) is 17.4 Å². The summed E-state index contributed by atoms with van der Waals surface area (Å²) in [5, 5.41) is 3.29. The third-order valence-corrected chi connectivity index (χ3v) is 4.21. The van der Waals surface area contributed by atoms with E-state index < -0.39 is 5.82 Å². The van der Waals surface area contributed by atoms with E-state index in [1.165, 1.54) is 18.3 Å². The molecule has 1 heterocycles. The van der Waals surface area contributed by atoms with E-state index in [0.29, 0.717) is 20.8 Å². The Morgan fingerprint density at radius 2 is 1.91 bits per heavy atom. The van der Waals surface area contributed by atoms with Crippen LogP contribution < -0.4 is 10.9 Å². The summed E-state index contributed by atoms with van der Waals surface area (Å²) in [6, 6.07) is 13.6. The van der Waals surface area contributed by atoms with Crippen LogP contribution in [0.1, 0.15) is 0 Å². The van der Waals surface area contributed by atoms with Crippen molar-refractivity contribution in [1.82, 2.24) is 9.97 Å². The van der Waals surface area contributed by atoms with Crippen LogP contribution in [0.25, 0.3) is 0 Å². The van der Waals surface area contributed by atoms with Crippen molar-refractivity contribution >= 4 is 35.0 Å². The van der Waals surface area contributed by atoms with Gasteiger partial charge in [0.15, 0.2) is 0 Å².